The SMILES string of the molecule is CC(O)NC1CCCC2CC=CCC21. The topological polar surface area (TPSA) is 32.3 Å². The maximum Gasteiger partial charge on any atom is 0.102 e. The van der Waals surface area contributed by atoms with E-state index in [2.05, 4.69) is 17.5 Å². The number of fused-ring (bicyclic) bond motifs is 1. The quantitative estimate of drug-likeness (QED) is 0.522. The minimum atomic E-state index is -0.357. The van der Waals surface area contributed by atoms with E-state index in [1.165, 1.54) is 32.1 Å². The van der Waals surface area contributed by atoms with Gasteiger partial charge in [0, 0.05) is 6.04 Å². The van der Waals surface area contributed by atoms with Gasteiger partial charge in [0.05, 0.1) is 0 Å². The molecule has 1 fully saturated rings. The molecule has 2 aliphatic carbocycles. The number of allylic oxidation sites excluding steroid dienone is 2. The highest BCUT2D eigenvalue weighted by Gasteiger charge is 2.33. The van der Waals surface area contributed by atoms with Crippen LogP contribution in [0.25, 0.3) is 0 Å². The van der Waals surface area contributed by atoms with Crippen molar-refractivity contribution in [3.8, 4) is 0 Å². The minimum absolute atomic E-state index is 0.357. The van der Waals surface area contributed by atoms with Gasteiger partial charge in [-0.05, 0) is 44.4 Å². The Morgan fingerprint density at radius 2 is 2.07 bits per heavy atom. The Balaban J connectivity index is 1.98. The molecule has 0 amide bonds. The first-order valence-corrected chi connectivity index (χ1v) is 5.86. The van der Waals surface area contributed by atoms with E-state index in [1.54, 1.807) is 0 Å². The summed E-state index contributed by atoms with van der Waals surface area (Å²) < 4.78 is 0. The van der Waals surface area contributed by atoms with Crippen molar-refractivity contribution < 1.29 is 5.11 Å². The Morgan fingerprint density at radius 1 is 1.29 bits per heavy atom. The first-order chi connectivity index (χ1) is 6.77. The van der Waals surface area contributed by atoms with Crippen LogP contribution in [0.3, 0.4) is 0 Å². The smallest absolute Gasteiger partial charge is 0.102 e. The number of aliphatic hydroxyl groups is 1. The molecule has 4 unspecified atom stereocenters. The molecule has 14 heavy (non-hydrogen) atoms. The van der Waals surface area contributed by atoms with E-state index in [0.717, 1.165) is 11.8 Å². The summed E-state index contributed by atoms with van der Waals surface area (Å²) in [5.41, 5.74) is 0. The molecule has 4 atom stereocenters. The van der Waals surface area contributed by atoms with E-state index < -0.39 is 0 Å². The van der Waals surface area contributed by atoms with Crippen molar-refractivity contribution in [3.63, 3.8) is 0 Å². The van der Waals surface area contributed by atoms with E-state index in [4.69, 9.17) is 0 Å². The summed E-state index contributed by atoms with van der Waals surface area (Å²) >= 11 is 0. The molecule has 0 saturated heterocycles. The molecule has 0 aromatic rings. The van der Waals surface area contributed by atoms with E-state index >= 15 is 0 Å². The Kier molecular flexibility index (Phi) is 3.24. The van der Waals surface area contributed by atoms with Crippen LogP contribution in [0.15, 0.2) is 12.2 Å². The zero-order chi connectivity index (χ0) is 9.97. The molecular formula is C12H21NO. The highest BCUT2D eigenvalue weighted by atomic mass is 16.3. The van der Waals surface area contributed by atoms with Gasteiger partial charge < -0.3 is 5.11 Å². The lowest BCUT2D eigenvalue weighted by Gasteiger charge is -2.40. The number of nitrogens with one attached hydrogen (secondary N) is 1. The molecule has 0 bridgehead atoms. The van der Waals surface area contributed by atoms with Gasteiger partial charge in [0.15, 0.2) is 0 Å². The van der Waals surface area contributed by atoms with Gasteiger partial charge in [-0.1, -0.05) is 18.6 Å². The summed E-state index contributed by atoms with van der Waals surface area (Å²) in [6, 6.07) is 0.540. The second-order valence-electron chi connectivity index (χ2n) is 4.75. The number of hydrogen-bond acceptors (Lipinski definition) is 2. The van der Waals surface area contributed by atoms with E-state index in [0.29, 0.717) is 6.04 Å². The monoisotopic (exact) mass is 195 g/mol. The summed E-state index contributed by atoms with van der Waals surface area (Å²) in [7, 11) is 0. The normalized spacial score (nSPS) is 39.1. The number of rotatable bonds is 2. The van der Waals surface area contributed by atoms with Gasteiger partial charge in [0.25, 0.3) is 0 Å². The molecule has 0 aromatic carbocycles. The molecule has 0 radical (unpaired) electrons. The first-order valence-electron chi connectivity index (χ1n) is 5.86. The maximum absolute atomic E-state index is 9.37. The molecule has 2 aliphatic rings. The molecule has 2 nitrogen and oxygen atoms in total. The predicted octanol–water partition coefficient (Wildman–Crippen LogP) is 2.05. The molecule has 80 valence electrons. The lowest BCUT2D eigenvalue weighted by atomic mass is 9.70. The lowest BCUT2D eigenvalue weighted by molar-refractivity contribution is 0.0880. The fourth-order valence-corrected chi connectivity index (χ4v) is 3.05. The Labute approximate surface area is 86.4 Å². The minimum Gasteiger partial charge on any atom is -0.379 e. The third-order valence-corrected chi connectivity index (χ3v) is 3.68. The largest absolute Gasteiger partial charge is 0.379 e. The standard InChI is InChI=1S/C12H21NO/c1-9(14)13-12-8-4-6-10-5-2-3-7-11(10)12/h2-3,9-14H,4-8H2,1H3. The summed E-state index contributed by atoms with van der Waals surface area (Å²) in [4.78, 5) is 0. The van der Waals surface area contributed by atoms with Gasteiger partial charge in [-0.2, -0.15) is 0 Å². The van der Waals surface area contributed by atoms with Crippen LogP contribution in [0, 0.1) is 11.8 Å². The third-order valence-electron chi connectivity index (χ3n) is 3.68. The molecular weight excluding hydrogens is 174 g/mol. The van der Waals surface area contributed by atoms with E-state index in [-0.39, 0.29) is 6.23 Å². The number of hydrogen-bond donors (Lipinski definition) is 2. The molecule has 0 aromatic heterocycles. The van der Waals surface area contributed by atoms with Crippen molar-refractivity contribution in [3.05, 3.63) is 12.2 Å². The van der Waals surface area contributed by atoms with Crippen LogP contribution in [0.1, 0.15) is 39.0 Å². The fraction of sp³-hybridized carbons (Fsp3) is 0.833. The van der Waals surface area contributed by atoms with Gasteiger partial charge in [0.2, 0.25) is 0 Å². The fourth-order valence-electron chi connectivity index (χ4n) is 3.05. The van der Waals surface area contributed by atoms with Gasteiger partial charge in [-0.3, -0.25) is 5.32 Å². The van der Waals surface area contributed by atoms with Gasteiger partial charge >= 0.3 is 0 Å². The third kappa shape index (κ3) is 2.18. The van der Waals surface area contributed by atoms with Crippen LogP contribution in [-0.2, 0) is 0 Å². The van der Waals surface area contributed by atoms with Crippen LogP contribution in [0.2, 0.25) is 0 Å². The zero-order valence-corrected chi connectivity index (χ0v) is 8.95. The van der Waals surface area contributed by atoms with Crippen molar-refractivity contribution in [2.75, 3.05) is 0 Å². The molecule has 2 rings (SSSR count). The zero-order valence-electron chi connectivity index (χ0n) is 8.95. The van der Waals surface area contributed by atoms with Crippen molar-refractivity contribution in [2.24, 2.45) is 11.8 Å². The van der Waals surface area contributed by atoms with Gasteiger partial charge in [-0.25, -0.2) is 0 Å². The molecule has 0 aliphatic heterocycles. The van der Waals surface area contributed by atoms with Crippen molar-refractivity contribution in [1.82, 2.24) is 5.32 Å². The van der Waals surface area contributed by atoms with Gasteiger partial charge in [-0.15, -0.1) is 0 Å². The van der Waals surface area contributed by atoms with Crippen LogP contribution < -0.4 is 5.32 Å². The second kappa shape index (κ2) is 4.45. The Hall–Kier alpha value is -0.340. The van der Waals surface area contributed by atoms with Crippen molar-refractivity contribution in [2.45, 2.75) is 51.3 Å². The maximum atomic E-state index is 9.37. The molecule has 1 saturated carbocycles. The lowest BCUT2D eigenvalue weighted by Crippen LogP contribution is -2.46. The van der Waals surface area contributed by atoms with Gasteiger partial charge in [0.1, 0.15) is 6.23 Å². The first kappa shape index (κ1) is 10.2. The summed E-state index contributed by atoms with van der Waals surface area (Å²) in [6.07, 6.45) is 10.7. The van der Waals surface area contributed by atoms with Crippen LogP contribution in [-0.4, -0.2) is 17.4 Å². The predicted molar refractivity (Wildman–Crippen MR) is 57.8 cm³/mol. The summed E-state index contributed by atoms with van der Waals surface area (Å²) in [5.74, 6) is 1.63. The molecule has 2 N–H and O–H groups in total. The van der Waals surface area contributed by atoms with Crippen LogP contribution in [0.4, 0.5) is 0 Å². The van der Waals surface area contributed by atoms with E-state index in [9.17, 15) is 5.11 Å². The summed E-state index contributed by atoms with van der Waals surface area (Å²) in [5, 5.41) is 12.7. The molecule has 0 spiro atoms. The van der Waals surface area contributed by atoms with Crippen LogP contribution in [0.5, 0.6) is 0 Å². The van der Waals surface area contributed by atoms with Crippen molar-refractivity contribution >= 4 is 0 Å². The highest BCUT2D eigenvalue weighted by molar-refractivity contribution is 5.00. The molecule has 2 heteroatoms. The summed E-state index contributed by atoms with van der Waals surface area (Å²) in [6.45, 7) is 1.82. The van der Waals surface area contributed by atoms with Crippen molar-refractivity contribution in [1.29, 1.82) is 0 Å². The average molecular weight is 195 g/mol. The highest BCUT2D eigenvalue weighted by Crippen LogP contribution is 2.37. The van der Waals surface area contributed by atoms with E-state index in [1.807, 2.05) is 6.92 Å². The average Bonchev–Trinajstić information content (AvgIpc) is 2.18. The Morgan fingerprint density at radius 3 is 2.86 bits per heavy atom. The Bertz CT molecular complexity index is 212. The molecule has 0 heterocycles. The number of aliphatic hydroxyl groups excluding tert-OH is 1. The second-order valence-corrected chi connectivity index (χ2v) is 4.75. The van der Waals surface area contributed by atoms with Crippen LogP contribution >= 0.6 is 0 Å².